The Labute approximate surface area is 235 Å². The number of allylic oxidation sites excluding steroid dienone is 1. The van der Waals surface area contributed by atoms with Crippen LogP contribution in [0.4, 0.5) is 10.8 Å². The van der Waals surface area contributed by atoms with E-state index < -0.39 is 23.8 Å². The number of para-hydroxylation sites is 1. The van der Waals surface area contributed by atoms with Crippen LogP contribution in [0.15, 0.2) is 64.1 Å². The summed E-state index contributed by atoms with van der Waals surface area (Å²) in [5.74, 6) is -2.40. The highest BCUT2D eigenvalue weighted by atomic mass is 35.5. The number of carbonyl (C=O) groups is 2. The molecule has 2 unspecified atom stereocenters. The van der Waals surface area contributed by atoms with E-state index in [1.807, 2.05) is 35.7 Å². The predicted molar refractivity (Wildman–Crippen MR) is 153 cm³/mol. The minimum absolute atomic E-state index is 0.200. The van der Waals surface area contributed by atoms with Crippen molar-refractivity contribution in [2.75, 3.05) is 18.5 Å². The molecule has 7 nitrogen and oxygen atoms in total. The van der Waals surface area contributed by atoms with Gasteiger partial charge in [0.2, 0.25) is 0 Å². The van der Waals surface area contributed by atoms with Gasteiger partial charge in [0.25, 0.3) is 0 Å². The topological polar surface area (TPSA) is 89.9 Å². The van der Waals surface area contributed by atoms with Crippen molar-refractivity contribution < 1.29 is 19.1 Å². The molecule has 2 heterocycles. The zero-order valence-corrected chi connectivity index (χ0v) is 23.7. The second-order valence-electron chi connectivity index (χ2n) is 8.56. The lowest BCUT2D eigenvalue weighted by Crippen LogP contribution is -2.36. The van der Waals surface area contributed by atoms with Crippen molar-refractivity contribution in [3.8, 4) is 11.3 Å². The fourth-order valence-electron chi connectivity index (χ4n) is 4.50. The van der Waals surface area contributed by atoms with Crippen molar-refractivity contribution in [1.29, 1.82) is 0 Å². The summed E-state index contributed by atoms with van der Waals surface area (Å²) in [7, 11) is 0. The van der Waals surface area contributed by atoms with Crippen LogP contribution in [-0.4, -0.2) is 35.8 Å². The minimum atomic E-state index is -0.788. The third-order valence-corrected chi connectivity index (χ3v) is 7.62. The first-order valence-corrected chi connectivity index (χ1v) is 13.7. The van der Waals surface area contributed by atoms with E-state index in [-0.39, 0.29) is 13.2 Å². The molecule has 10 heteroatoms. The van der Waals surface area contributed by atoms with Crippen molar-refractivity contribution in [3.05, 3.63) is 74.7 Å². The highest BCUT2D eigenvalue weighted by molar-refractivity contribution is 7.14. The number of nitrogens with zero attached hydrogens (tertiary/aromatic N) is 2. The number of hydrogen-bond acceptors (Lipinski definition) is 8. The van der Waals surface area contributed by atoms with Crippen molar-refractivity contribution in [2.24, 2.45) is 10.9 Å². The van der Waals surface area contributed by atoms with Gasteiger partial charge in [0.15, 0.2) is 5.13 Å². The van der Waals surface area contributed by atoms with Crippen LogP contribution < -0.4 is 5.32 Å². The smallest absolute Gasteiger partial charge is 0.336 e. The normalized spacial score (nSPS) is 17.2. The van der Waals surface area contributed by atoms with Crippen LogP contribution in [0.1, 0.15) is 39.2 Å². The maximum atomic E-state index is 13.2. The number of ether oxygens (including phenoxy) is 2. The molecule has 1 N–H and O–H groups in total. The van der Waals surface area contributed by atoms with Gasteiger partial charge in [-0.3, -0.25) is 9.79 Å². The molecule has 38 heavy (non-hydrogen) atoms. The van der Waals surface area contributed by atoms with Gasteiger partial charge in [-0.15, -0.1) is 11.3 Å². The quantitative estimate of drug-likeness (QED) is 0.282. The average Bonchev–Trinajstić information content (AvgIpc) is 3.34. The Morgan fingerprint density at radius 2 is 1.76 bits per heavy atom. The van der Waals surface area contributed by atoms with Gasteiger partial charge in [0, 0.05) is 34.0 Å². The molecule has 4 rings (SSSR count). The Balaban J connectivity index is 1.76. The first kappa shape index (κ1) is 27.8. The molecule has 0 aliphatic carbocycles. The lowest BCUT2D eigenvalue weighted by molar-refractivity contribution is -0.146. The van der Waals surface area contributed by atoms with Crippen molar-refractivity contribution in [2.45, 2.75) is 33.6 Å². The molecule has 2 atom stereocenters. The summed E-state index contributed by atoms with van der Waals surface area (Å²) in [4.78, 5) is 35.6. The zero-order chi connectivity index (χ0) is 27.4. The van der Waals surface area contributed by atoms with Crippen LogP contribution in [0, 0.1) is 5.92 Å². The molecule has 1 aliphatic rings. The number of thiazole rings is 1. The largest absolute Gasteiger partial charge is 0.465 e. The number of rotatable bonds is 8. The third kappa shape index (κ3) is 5.77. The summed E-state index contributed by atoms with van der Waals surface area (Å²) in [6, 6.07) is 12.9. The molecular formula is C28H27Cl2N3O4S. The molecule has 0 fully saturated rings. The minimum Gasteiger partial charge on any atom is -0.465 e. The predicted octanol–water partition coefficient (Wildman–Crippen LogP) is 7.44. The molecule has 1 aliphatic heterocycles. The van der Waals surface area contributed by atoms with E-state index in [0.717, 1.165) is 16.8 Å². The molecule has 0 radical (unpaired) electrons. The number of aromatic nitrogens is 1. The second kappa shape index (κ2) is 12.1. The summed E-state index contributed by atoms with van der Waals surface area (Å²) < 4.78 is 10.8. The number of esters is 2. The Bertz CT molecular complexity index is 1430. The zero-order valence-electron chi connectivity index (χ0n) is 21.4. The van der Waals surface area contributed by atoms with E-state index in [1.165, 1.54) is 11.3 Å². The Hall–Kier alpha value is -3.20. The highest BCUT2D eigenvalue weighted by Gasteiger charge is 2.43. The second-order valence-corrected chi connectivity index (χ2v) is 10.2. The van der Waals surface area contributed by atoms with E-state index in [0.29, 0.717) is 37.8 Å². The molecule has 0 amide bonds. The van der Waals surface area contributed by atoms with Crippen LogP contribution in [0.25, 0.3) is 11.3 Å². The Morgan fingerprint density at radius 3 is 2.47 bits per heavy atom. The van der Waals surface area contributed by atoms with Crippen LogP contribution in [0.3, 0.4) is 0 Å². The van der Waals surface area contributed by atoms with E-state index in [9.17, 15) is 9.59 Å². The summed E-state index contributed by atoms with van der Waals surface area (Å²) in [5, 5.41) is 6.85. The van der Waals surface area contributed by atoms with E-state index >= 15 is 0 Å². The standard InChI is InChI=1S/C28H27Cl2N3O4S/c1-5-36-26(34)23-15(3)31-16(4)24(27(35)37-6-2)25(23)18-9-7-8-10-21(18)32-28-33-22(14-38-28)17-11-12-19(29)20(30)13-17/h7-14,23,25H,5-6H2,1-4H3,(H,32,33). The molecule has 2 aromatic carbocycles. The third-order valence-electron chi connectivity index (χ3n) is 6.12. The van der Waals surface area contributed by atoms with Gasteiger partial charge < -0.3 is 14.8 Å². The molecule has 0 saturated heterocycles. The first-order valence-electron chi connectivity index (χ1n) is 12.1. The van der Waals surface area contributed by atoms with Gasteiger partial charge in [-0.1, -0.05) is 47.5 Å². The number of carbonyl (C=O) groups excluding carboxylic acids is 2. The summed E-state index contributed by atoms with van der Waals surface area (Å²) in [6.07, 6.45) is 0. The van der Waals surface area contributed by atoms with Crippen molar-refractivity contribution >= 4 is 63.0 Å². The summed E-state index contributed by atoms with van der Waals surface area (Å²) >= 11 is 13.7. The maximum absolute atomic E-state index is 13.2. The molecule has 3 aromatic rings. The number of aliphatic imine (C=N–C) groups is 1. The Morgan fingerprint density at radius 1 is 1.03 bits per heavy atom. The van der Waals surface area contributed by atoms with Crippen LogP contribution >= 0.6 is 34.5 Å². The van der Waals surface area contributed by atoms with Crippen LogP contribution in [-0.2, 0) is 19.1 Å². The average molecular weight is 573 g/mol. The lowest BCUT2D eigenvalue weighted by Gasteiger charge is -2.32. The number of nitrogens with one attached hydrogen (secondary N) is 1. The lowest BCUT2D eigenvalue weighted by atomic mass is 9.75. The van der Waals surface area contributed by atoms with E-state index in [2.05, 4.69) is 10.3 Å². The number of halogens is 2. The van der Waals surface area contributed by atoms with Crippen LogP contribution in [0.2, 0.25) is 10.0 Å². The highest BCUT2D eigenvalue weighted by Crippen LogP contribution is 2.43. The molecule has 0 saturated carbocycles. The molecule has 0 spiro atoms. The van der Waals surface area contributed by atoms with Gasteiger partial charge in [0.1, 0.15) is 5.92 Å². The molecule has 0 bridgehead atoms. The van der Waals surface area contributed by atoms with Gasteiger partial charge in [-0.2, -0.15) is 0 Å². The number of hydrogen-bond donors (Lipinski definition) is 1. The first-order chi connectivity index (χ1) is 18.2. The van der Waals surface area contributed by atoms with Gasteiger partial charge >= 0.3 is 11.9 Å². The summed E-state index contributed by atoms with van der Waals surface area (Å²) in [5.41, 5.74) is 4.42. The molecular weight excluding hydrogens is 545 g/mol. The monoisotopic (exact) mass is 571 g/mol. The summed E-state index contributed by atoms with van der Waals surface area (Å²) in [6.45, 7) is 7.44. The van der Waals surface area contributed by atoms with E-state index in [4.69, 9.17) is 37.7 Å². The fourth-order valence-corrected chi connectivity index (χ4v) is 5.53. The van der Waals surface area contributed by atoms with Crippen LogP contribution in [0.5, 0.6) is 0 Å². The molecule has 198 valence electrons. The van der Waals surface area contributed by atoms with Gasteiger partial charge in [-0.05, 0) is 51.5 Å². The Kier molecular flexibility index (Phi) is 8.87. The maximum Gasteiger partial charge on any atom is 0.336 e. The van der Waals surface area contributed by atoms with Crippen molar-refractivity contribution in [3.63, 3.8) is 0 Å². The van der Waals surface area contributed by atoms with E-state index in [1.54, 1.807) is 39.8 Å². The van der Waals surface area contributed by atoms with Gasteiger partial charge in [-0.25, -0.2) is 9.78 Å². The van der Waals surface area contributed by atoms with Crippen molar-refractivity contribution in [1.82, 2.24) is 4.98 Å². The SMILES string of the molecule is CCOC(=O)C1=C(C)N=C(C)C(C(=O)OCC)C1c1ccccc1Nc1nc(-c2ccc(Cl)c(Cl)c2)cs1. The van der Waals surface area contributed by atoms with Gasteiger partial charge in [0.05, 0.1) is 34.5 Å². The molecule has 1 aromatic heterocycles. The number of anilines is 2. The fraction of sp³-hybridized carbons (Fsp3) is 0.286. The number of benzene rings is 2.